The van der Waals surface area contributed by atoms with E-state index in [2.05, 4.69) is 10.6 Å². The zero-order chi connectivity index (χ0) is 14.1. The van der Waals surface area contributed by atoms with Crippen LogP contribution in [0.25, 0.3) is 0 Å². The van der Waals surface area contributed by atoms with Crippen molar-refractivity contribution in [3.63, 3.8) is 0 Å². The topological polar surface area (TPSA) is 54.3 Å². The maximum Gasteiger partial charge on any atom is 0.404 e. The Labute approximate surface area is 108 Å². The molecule has 0 radical (unpaired) electrons. The third-order valence-corrected chi connectivity index (χ3v) is 3.45. The lowest BCUT2D eigenvalue weighted by molar-refractivity contribution is -0.216. The molecule has 1 aromatic heterocycles. The molecule has 2 rings (SSSR count). The number of hydrogen-bond acceptors (Lipinski definition) is 3. The molecule has 4 nitrogen and oxygen atoms in total. The lowest BCUT2D eigenvalue weighted by atomic mass is 9.85. The fraction of sp³-hybridized carbons (Fsp3) is 0.583. The molecular weight excluding hydrogens is 261 g/mol. The van der Waals surface area contributed by atoms with Gasteiger partial charge in [0, 0.05) is 6.54 Å². The molecule has 7 heteroatoms. The summed E-state index contributed by atoms with van der Waals surface area (Å²) >= 11 is 0. The molecule has 1 fully saturated rings. The molecule has 19 heavy (non-hydrogen) atoms. The number of furan rings is 1. The van der Waals surface area contributed by atoms with Crippen LogP contribution in [0.3, 0.4) is 0 Å². The molecular formula is C12H15F3N2O2. The summed E-state index contributed by atoms with van der Waals surface area (Å²) < 4.78 is 44.5. The minimum atomic E-state index is -4.57. The molecule has 0 bridgehead atoms. The summed E-state index contributed by atoms with van der Waals surface area (Å²) in [6.07, 6.45) is -3.40. The smallest absolute Gasteiger partial charge is 0.404 e. The van der Waals surface area contributed by atoms with Crippen LogP contribution >= 0.6 is 0 Å². The predicted molar refractivity (Wildman–Crippen MR) is 61.2 cm³/mol. The van der Waals surface area contributed by atoms with Gasteiger partial charge in [-0.2, -0.15) is 13.2 Å². The largest absolute Gasteiger partial charge is 0.467 e. The number of hydrogen-bond donors (Lipinski definition) is 2. The normalized spacial score (nSPS) is 25.3. The SMILES string of the molecule is CC(NC(=O)C1(C(F)(F)F)CCNC1)c1ccco1. The molecule has 2 unspecified atom stereocenters. The van der Waals surface area contributed by atoms with E-state index in [0.717, 1.165) is 0 Å². The highest BCUT2D eigenvalue weighted by Crippen LogP contribution is 2.43. The third-order valence-electron chi connectivity index (χ3n) is 3.45. The summed E-state index contributed by atoms with van der Waals surface area (Å²) in [5, 5.41) is 4.98. The molecule has 0 aliphatic carbocycles. The number of amides is 1. The van der Waals surface area contributed by atoms with E-state index in [1.807, 2.05) is 0 Å². The van der Waals surface area contributed by atoms with Crippen LogP contribution in [-0.4, -0.2) is 25.2 Å². The summed E-state index contributed by atoms with van der Waals surface area (Å²) in [6.45, 7) is 1.39. The standard InChI is InChI=1S/C12H15F3N2O2/c1-8(9-3-2-6-19-9)17-10(18)11(12(13,14)15)4-5-16-7-11/h2-3,6,8,16H,4-5,7H2,1H3,(H,17,18). The van der Waals surface area contributed by atoms with Crippen molar-refractivity contribution in [3.8, 4) is 0 Å². The van der Waals surface area contributed by atoms with Crippen molar-refractivity contribution >= 4 is 5.91 Å². The Balaban J connectivity index is 2.13. The summed E-state index contributed by atoms with van der Waals surface area (Å²) in [7, 11) is 0. The van der Waals surface area contributed by atoms with Gasteiger partial charge in [0.25, 0.3) is 0 Å². The van der Waals surface area contributed by atoms with Crippen molar-refractivity contribution < 1.29 is 22.4 Å². The Hall–Kier alpha value is -1.50. The van der Waals surface area contributed by atoms with E-state index >= 15 is 0 Å². The maximum absolute atomic E-state index is 13.1. The van der Waals surface area contributed by atoms with Crippen molar-refractivity contribution in [2.45, 2.75) is 25.6 Å². The van der Waals surface area contributed by atoms with Crippen molar-refractivity contribution in [3.05, 3.63) is 24.2 Å². The predicted octanol–water partition coefficient (Wildman–Crippen LogP) is 2.00. The van der Waals surface area contributed by atoms with Crippen LogP contribution in [0, 0.1) is 5.41 Å². The monoisotopic (exact) mass is 276 g/mol. The fourth-order valence-corrected chi connectivity index (χ4v) is 2.20. The molecule has 106 valence electrons. The second kappa shape index (κ2) is 4.88. The molecule has 2 heterocycles. The van der Waals surface area contributed by atoms with Gasteiger partial charge in [-0.1, -0.05) is 0 Å². The van der Waals surface area contributed by atoms with Gasteiger partial charge in [0.1, 0.15) is 5.76 Å². The molecule has 1 aliphatic rings. The fourth-order valence-electron chi connectivity index (χ4n) is 2.20. The number of halogens is 3. The van der Waals surface area contributed by atoms with Crippen molar-refractivity contribution in [2.75, 3.05) is 13.1 Å². The summed E-state index contributed by atoms with van der Waals surface area (Å²) in [4.78, 5) is 12.0. The van der Waals surface area contributed by atoms with E-state index in [0.29, 0.717) is 5.76 Å². The van der Waals surface area contributed by atoms with Crippen LogP contribution in [0.1, 0.15) is 25.1 Å². The molecule has 0 saturated carbocycles. The van der Waals surface area contributed by atoms with Crippen LogP contribution in [-0.2, 0) is 4.79 Å². The second-order valence-corrected chi connectivity index (χ2v) is 4.72. The van der Waals surface area contributed by atoms with Gasteiger partial charge in [-0.05, 0) is 32.0 Å². The Morgan fingerprint density at radius 1 is 1.58 bits per heavy atom. The first kappa shape index (κ1) is 13.9. The molecule has 1 saturated heterocycles. The lowest BCUT2D eigenvalue weighted by Crippen LogP contribution is -2.52. The van der Waals surface area contributed by atoms with Crippen LogP contribution in [0.15, 0.2) is 22.8 Å². The van der Waals surface area contributed by atoms with Gasteiger partial charge in [0.05, 0.1) is 12.3 Å². The Morgan fingerprint density at radius 2 is 2.32 bits per heavy atom. The third kappa shape index (κ3) is 2.47. The lowest BCUT2D eigenvalue weighted by Gasteiger charge is -2.30. The van der Waals surface area contributed by atoms with E-state index in [1.165, 1.54) is 6.26 Å². The maximum atomic E-state index is 13.1. The number of carbonyl (C=O) groups excluding carboxylic acids is 1. The number of alkyl halides is 3. The molecule has 0 spiro atoms. The molecule has 1 aliphatic heterocycles. The van der Waals surface area contributed by atoms with Gasteiger partial charge in [-0.3, -0.25) is 4.79 Å². The summed E-state index contributed by atoms with van der Waals surface area (Å²) in [5.74, 6) is -0.578. The average molecular weight is 276 g/mol. The van der Waals surface area contributed by atoms with Crippen LogP contribution in [0.5, 0.6) is 0 Å². The van der Waals surface area contributed by atoms with Gasteiger partial charge in [0.2, 0.25) is 5.91 Å². The first-order valence-corrected chi connectivity index (χ1v) is 5.99. The number of rotatable bonds is 3. The Bertz CT molecular complexity index is 436. The van der Waals surface area contributed by atoms with E-state index in [1.54, 1.807) is 19.1 Å². The van der Waals surface area contributed by atoms with Gasteiger partial charge in [-0.25, -0.2) is 0 Å². The highest BCUT2D eigenvalue weighted by molar-refractivity contribution is 5.84. The van der Waals surface area contributed by atoms with Gasteiger partial charge < -0.3 is 15.1 Å². The molecule has 2 N–H and O–H groups in total. The average Bonchev–Trinajstić information content (AvgIpc) is 3.00. The van der Waals surface area contributed by atoms with E-state index in [9.17, 15) is 18.0 Å². The van der Waals surface area contributed by atoms with Crippen LogP contribution in [0.2, 0.25) is 0 Å². The van der Waals surface area contributed by atoms with Gasteiger partial charge in [0.15, 0.2) is 5.41 Å². The van der Waals surface area contributed by atoms with Crippen molar-refractivity contribution in [1.29, 1.82) is 0 Å². The zero-order valence-corrected chi connectivity index (χ0v) is 10.4. The second-order valence-electron chi connectivity index (χ2n) is 4.72. The van der Waals surface area contributed by atoms with Gasteiger partial charge >= 0.3 is 6.18 Å². The molecule has 1 amide bonds. The van der Waals surface area contributed by atoms with Crippen LogP contribution < -0.4 is 10.6 Å². The van der Waals surface area contributed by atoms with E-state index in [-0.39, 0.29) is 19.5 Å². The number of nitrogens with one attached hydrogen (secondary N) is 2. The van der Waals surface area contributed by atoms with E-state index < -0.39 is 23.5 Å². The molecule has 0 aromatic carbocycles. The van der Waals surface area contributed by atoms with Crippen molar-refractivity contribution in [1.82, 2.24) is 10.6 Å². The first-order valence-electron chi connectivity index (χ1n) is 5.99. The highest BCUT2D eigenvalue weighted by Gasteiger charge is 2.61. The minimum absolute atomic E-state index is 0.183. The van der Waals surface area contributed by atoms with Gasteiger partial charge in [-0.15, -0.1) is 0 Å². The molecule has 2 atom stereocenters. The minimum Gasteiger partial charge on any atom is -0.467 e. The Kier molecular flexibility index (Phi) is 3.58. The molecule has 1 aromatic rings. The first-order chi connectivity index (χ1) is 8.87. The quantitative estimate of drug-likeness (QED) is 0.887. The zero-order valence-electron chi connectivity index (χ0n) is 10.4. The highest BCUT2D eigenvalue weighted by atomic mass is 19.4. The van der Waals surface area contributed by atoms with Crippen molar-refractivity contribution in [2.24, 2.45) is 5.41 Å². The summed E-state index contributed by atoms with van der Waals surface area (Å²) in [6, 6.07) is 2.63. The van der Waals surface area contributed by atoms with E-state index in [4.69, 9.17) is 4.42 Å². The summed E-state index contributed by atoms with van der Waals surface area (Å²) in [5.41, 5.74) is -2.34. The number of carbonyl (C=O) groups is 1. The Morgan fingerprint density at radius 3 is 2.79 bits per heavy atom. The van der Waals surface area contributed by atoms with Crippen LogP contribution in [0.4, 0.5) is 13.2 Å².